The van der Waals surface area contributed by atoms with Gasteiger partial charge < -0.3 is 9.30 Å². The van der Waals surface area contributed by atoms with Crippen molar-refractivity contribution >= 4 is 17.2 Å². The number of imidazole rings is 1. The maximum Gasteiger partial charge on any atom is 0.128 e. The predicted octanol–water partition coefficient (Wildman–Crippen LogP) is 3.37. The van der Waals surface area contributed by atoms with Crippen LogP contribution in [0.5, 0.6) is 5.75 Å². The lowest BCUT2D eigenvalue weighted by Crippen LogP contribution is -2.29. The van der Waals surface area contributed by atoms with Gasteiger partial charge in [0.25, 0.3) is 0 Å². The van der Waals surface area contributed by atoms with Gasteiger partial charge in [0.05, 0.1) is 19.9 Å². The Bertz CT molecular complexity index is 676. The highest BCUT2D eigenvalue weighted by Gasteiger charge is 2.15. The zero-order valence-corrected chi connectivity index (χ0v) is 13.7. The first kappa shape index (κ1) is 15.1. The molecule has 1 aliphatic heterocycles. The van der Waals surface area contributed by atoms with E-state index >= 15 is 0 Å². The highest BCUT2D eigenvalue weighted by molar-refractivity contribution is 6.29. The van der Waals surface area contributed by atoms with Gasteiger partial charge in [0.2, 0.25) is 0 Å². The topological polar surface area (TPSA) is 30.3 Å². The number of hydrogen-bond acceptors (Lipinski definition) is 3. The summed E-state index contributed by atoms with van der Waals surface area (Å²) in [6.45, 7) is 2.80. The summed E-state index contributed by atoms with van der Waals surface area (Å²) >= 11 is 6.03. The standard InChI is InChI=1S/C17H20ClN3O/c1-20-16(18)11-19-17(20)12-21-9-7-14(8-10-21)13-3-5-15(22-2)6-4-13/h3-7,11H,8-10,12H2,1-2H3. The van der Waals surface area contributed by atoms with Crippen molar-refractivity contribution in [3.63, 3.8) is 0 Å². The molecule has 2 heterocycles. The second-order valence-corrected chi connectivity index (χ2v) is 5.89. The number of rotatable bonds is 4. The summed E-state index contributed by atoms with van der Waals surface area (Å²) in [6, 6.07) is 8.27. The first-order chi connectivity index (χ1) is 10.7. The summed E-state index contributed by atoms with van der Waals surface area (Å²) in [5.74, 6) is 1.90. The van der Waals surface area contributed by atoms with Crippen molar-refractivity contribution < 1.29 is 4.74 Å². The molecule has 116 valence electrons. The summed E-state index contributed by atoms with van der Waals surface area (Å²) < 4.78 is 7.14. The van der Waals surface area contributed by atoms with Crippen molar-refractivity contribution in [2.45, 2.75) is 13.0 Å². The third-order valence-corrected chi connectivity index (χ3v) is 4.50. The zero-order valence-electron chi connectivity index (χ0n) is 12.9. The van der Waals surface area contributed by atoms with Crippen LogP contribution in [-0.2, 0) is 13.6 Å². The van der Waals surface area contributed by atoms with E-state index < -0.39 is 0 Å². The highest BCUT2D eigenvalue weighted by atomic mass is 35.5. The molecular formula is C17H20ClN3O. The normalized spacial score (nSPS) is 15.7. The number of benzene rings is 1. The molecule has 0 amide bonds. The van der Waals surface area contributed by atoms with E-state index in [2.05, 4.69) is 28.1 Å². The minimum absolute atomic E-state index is 0.682. The van der Waals surface area contributed by atoms with Crippen LogP contribution in [-0.4, -0.2) is 34.7 Å². The van der Waals surface area contributed by atoms with Gasteiger partial charge in [-0.1, -0.05) is 29.8 Å². The Morgan fingerprint density at radius 1 is 1.27 bits per heavy atom. The molecule has 0 fully saturated rings. The lowest BCUT2D eigenvalue weighted by Gasteiger charge is -2.26. The molecule has 0 aliphatic carbocycles. The number of ether oxygens (including phenoxy) is 1. The van der Waals surface area contributed by atoms with Crippen molar-refractivity contribution in [3.8, 4) is 5.75 Å². The average Bonchev–Trinajstić information content (AvgIpc) is 2.88. The van der Waals surface area contributed by atoms with Crippen LogP contribution in [0, 0.1) is 0 Å². The predicted molar refractivity (Wildman–Crippen MR) is 89.1 cm³/mol. The lowest BCUT2D eigenvalue weighted by molar-refractivity contribution is 0.283. The van der Waals surface area contributed by atoms with E-state index in [1.54, 1.807) is 13.3 Å². The van der Waals surface area contributed by atoms with Crippen LogP contribution in [0.4, 0.5) is 0 Å². The molecule has 0 N–H and O–H groups in total. The SMILES string of the molecule is COc1ccc(C2=CCN(Cc3ncc(Cl)n3C)CC2)cc1. The van der Waals surface area contributed by atoms with Gasteiger partial charge in [0.15, 0.2) is 0 Å². The van der Waals surface area contributed by atoms with E-state index in [1.165, 1.54) is 11.1 Å². The minimum atomic E-state index is 0.682. The van der Waals surface area contributed by atoms with Crippen molar-refractivity contribution in [2.75, 3.05) is 20.2 Å². The minimum Gasteiger partial charge on any atom is -0.497 e. The van der Waals surface area contributed by atoms with E-state index in [0.29, 0.717) is 5.15 Å². The molecular weight excluding hydrogens is 298 g/mol. The van der Waals surface area contributed by atoms with Gasteiger partial charge in [0.1, 0.15) is 16.7 Å². The molecule has 0 spiro atoms. The van der Waals surface area contributed by atoms with Crippen molar-refractivity contribution in [1.82, 2.24) is 14.5 Å². The van der Waals surface area contributed by atoms with Crippen molar-refractivity contribution in [2.24, 2.45) is 7.05 Å². The van der Waals surface area contributed by atoms with Gasteiger partial charge in [-0.3, -0.25) is 4.90 Å². The van der Waals surface area contributed by atoms with Crippen molar-refractivity contribution in [1.29, 1.82) is 0 Å². The Hall–Kier alpha value is -1.78. The van der Waals surface area contributed by atoms with Crippen molar-refractivity contribution in [3.05, 3.63) is 53.1 Å². The monoisotopic (exact) mass is 317 g/mol. The van der Waals surface area contributed by atoms with Gasteiger partial charge in [-0.15, -0.1) is 0 Å². The van der Waals surface area contributed by atoms with Gasteiger partial charge in [-0.2, -0.15) is 0 Å². The van der Waals surface area contributed by atoms with Gasteiger partial charge in [0, 0.05) is 20.1 Å². The van der Waals surface area contributed by atoms with Crippen LogP contribution in [0.15, 0.2) is 36.5 Å². The Kier molecular flexibility index (Phi) is 4.50. The number of halogens is 1. The number of nitrogens with zero attached hydrogens (tertiary/aromatic N) is 3. The first-order valence-corrected chi connectivity index (χ1v) is 7.77. The molecule has 5 heteroatoms. The molecule has 1 aromatic heterocycles. The Morgan fingerprint density at radius 3 is 2.59 bits per heavy atom. The molecule has 1 aliphatic rings. The van der Waals surface area contributed by atoms with Crippen LogP contribution >= 0.6 is 11.6 Å². The summed E-state index contributed by atoms with van der Waals surface area (Å²) in [5.41, 5.74) is 2.68. The van der Waals surface area contributed by atoms with E-state index in [9.17, 15) is 0 Å². The quantitative estimate of drug-likeness (QED) is 0.866. The van der Waals surface area contributed by atoms with Crippen LogP contribution in [0.3, 0.4) is 0 Å². The molecule has 2 aromatic rings. The molecule has 1 aromatic carbocycles. The Balaban J connectivity index is 1.65. The number of aromatic nitrogens is 2. The molecule has 22 heavy (non-hydrogen) atoms. The van der Waals surface area contributed by atoms with Gasteiger partial charge >= 0.3 is 0 Å². The van der Waals surface area contributed by atoms with Gasteiger partial charge in [-0.05, 0) is 29.7 Å². The summed E-state index contributed by atoms with van der Waals surface area (Å²) in [7, 11) is 3.64. The molecule has 3 rings (SSSR count). The third-order valence-electron chi connectivity index (χ3n) is 4.15. The second-order valence-electron chi connectivity index (χ2n) is 5.50. The van der Waals surface area contributed by atoms with Gasteiger partial charge in [-0.25, -0.2) is 4.98 Å². The molecule has 0 unspecified atom stereocenters. The second kappa shape index (κ2) is 6.55. The molecule has 0 saturated heterocycles. The van der Waals surface area contributed by atoms with Crippen LogP contribution < -0.4 is 4.74 Å². The van der Waals surface area contributed by atoms with Crippen LogP contribution in [0.2, 0.25) is 5.15 Å². The van der Waals surface area contributed by atoms with Crippen LogP contribution in [0.1, 0.15) is 17.8 Å². The summed E-state index contributed by atoms with van der Waals surface area (Å²) in [5, 5.41) is 0.682. The fraction of sp³-hybridized carbons (Fsp3) is 0.353. The number of hydrogen-bond donors (Lipinski definition) is 0. The average molecular weight is 318 g/mol. The largest absolute Gasteiger partial charge is 0.497 e. The third kappa shape index (κ3) is 3.18. The Labute approximate surface area is 136 Å². The van der Waals surface area contributed by atoms with E-state index in [1.807, 2.05) is 23.7 Å². The molecule has 0 saturated carbocycles. The Morgan fingerprint density at radius 2 is 2.05 bits per heavy atom. The maximum absolute atomic E-state index is 6.03. The summed E-state index contributed by atoms with van der Waals surface area (Å²) in [4.78, 5) is 6.74. The smallest absolute Gasteiger partial charge is 0.128 e. The fourth-order valence-corrected chi connectivity index (χ4v) is 2.84. The van der Waals surface area contributed by atoms with E-state index in [0.717, 1.165) is 37.6 Å². The summed E-state index contributed by atoms with van der Waals surface area (Å²) in [6.07, 6.45) is 5.06. The van der Waals surface area contributed by atoms with E-state index in [-0.39, 0.29) is 0 Å². The number of methoxy groups -OCH3 is 1. The molecule has 0 bridgehead atoms. The zero-order chi connectivity index (χ0) is 15.5. The van der Waals surface area contributed by atoms with Crippen LogP contribution in [0.25, 0.3) is 5.57 Å². The maximum atomic E-state index is 6.03. The van der Waals surface area contributed by atoms with E-state index in [4.69, 9.17) is 16.3 Å². The molecule has 4 nitrogen and oxygen atoms in total. The first-order valence-electron chi connectivity index (χ1n) is 7.39. The lowest BCUT2D eigenvalue weighted by atomic mass is 9.99. The molecule has 0 atom stereocenters. The highest BCUT2D eigenvalue weighted by Crippen LogP contribution is 2.25. The molecule has 0 radical (unpaired) electrons. The fourth-order valence-electron chi connectivity index (χ4n) is 2.69.